The van der Waals surface area contributed by atoms with Crippen molar-refractivity contribution in [3.63, 3.8) is 0 Å². The molecule has 2 aromatic rings. The van der Waals surface area contributed by atoms with E-state index in [9.17, 15) is 4.79 Å². The minimum absolute atomic E-state index is 0.100. The molecular weight excluding hydrogens is 322 g/mol. The van der Waals surface area contributed by atoms with E-state index in [1.165, 1.54) is 32.8 Å². The number of piperazine rings is 1. The lowest BCUT2D eigenvalue weighted by Gasteiger charge is -2.34. The third-order valence-corrected chi connectivity index (χ3v) is 5.59. The highest BCUT2D eigenvalue weighted by Crippen LogP contribution is 2.22. The Labute approximate surface area is 156 Å². The van der Waals surface area contributed by atoms with Gasteiger partial charge in [-0.25, -0.2) is 0 Å². The number of quaternary nitrogens is 1. The van der Waals surface area contributed by atoms with Crippen LogP contribution in [0, 0.1) is 27.7 Å². The summed E-state index contributed by atoms with van der Waals surface area (Å²) in [6, 6.07) is 12.6. The minimum Gasteiger partial charge on any atom is -0.360 e. The van der Waals surface area contributed by atoms with Gasteiger partial charge in [0.1, 0.15) is 0 Å². The summed E-state index contributed by atoms with van der Waals surface area (Å²) in [5.41, 5.74) is 7.39. The molecule has 0 aromatic heterocycles. The third kappa shape index (κ3) is 4.25. The zero-order chi connectivity index (χ0) is 18.7. The molecule has 2 N–H and O–H groups in total. The molecule has 0 atom stereocenters. The van der Waals surface area contributed by atoms with Crippen LogP contribution >= 0.6 is 0 Å². The number of aryl methyl sites for hydroxylation is 3. The molecule has 1 heterocycles. The standard InChI is InChI=1S/C22H29N3O/c1-16-8-9-20(14-18(16)3)23-22(26)15-24-10-12-25(13-11-24)21-7-5-6-17(2)19(21)4/h5-9,14H,10-13,15H2,1-4H3,(H,23,26)/p+1. The van der Waals surface area contributed by atoms with Gasteiger partial charge in [-0.2, -0.15) is 0 Å². The fourth-order valence-electron chi connectivity index (χ4n) is 3.57. The Morgan fingerprint density at radius 1 is 1.00 bits per heavy atom. The Bertz CT molecular complexity index is 792. The predicted molar refractivity (Wildman–Crippen MR) is 108 cm³/mol. The van der Waals surface area contributed by atoms with Crippen molar-refractivity contribution in [2.45, 2.75) is 27.7 Å². The highest BCUT2D eigenvalue weighted by Gasteiger charge is 2.23. The second kappa shape index (κ2) is 7.92. The number of rotatable bonds is 4. The second-order valence-electron chi connectivity index (χ2n) is 7.48. The van der Waals surface area contributed by atoms with Crippen molar-refractivity contribution in [2.75, 3.05) is 42.9 Å². The summed E-state index contributed by atoms with van der Waals surface area (Å²) in [6.45, 7) is 13.0. The minimum atomic E-state index is 0.100. The summed E-state index contributed by atoms with van der Waals surface area (Å²) < 4.78 is 0. The number of carbonyl (C=O) groups excluding carboxylic acids is 1. The van der Waals surface area contributed by atoms with E-state index < -0.39 is 0 Å². The molecule has 0 unspecified atom stereocenters. The lowest BCUT2D eigenvalue weighted by molar-refractivity contribution is -0.892. The van der Waals surface area contributed by atoms with Crippen molar-refractivity contribution in [3.8, 4) is 0 Å². The van der Waals surface area contributed by atoms with E-state index in [4.69, 9.17) is 0 Å². The van der Waals surface area contributed by atoms with Gasteiger partial charge in [-0.1, -0.05) is 18.2 Å². The van der Waals surface area contributed by atoms with Crippen molar-refractivity contribution in [2.24, 2.45) is 0 Å². The number of nitrogens with zero attached hydrogens (tertiary/aromatic N) is 1. The van der Waals surface area contributed by atoms with Gasteiger partial charge in [-0.15, -0.1) is 0 Å². The molecule has 3 rings (SSSR count). The molecule has 4 heteroatoms. The number of anilines is 2. The molecule has 4 nitrogen and oxygen atoms in total. The Kier molecular flexibility index (Phi) is 5.62. The van der Waals surface area contributed by atoms with Gasteiger partial charge in [0.25, 0.3) is 5.91 Å². The van der Waals surface area contributed by atoms with E-state index in [2.05, 4.69) is 62.2 Å². The third-order valence-electron chi connectivity index (χ3n) is 5.59. The van der Waals surface area contributed by atoms with Crippen LogP contribution in [0.15, 0.2) is 36.4 Å². The average Bonchev–Trinajstić information content (AvgIpc) is 2.61. The molecule has 1 aliphatic heterocycles. The van der Waals surface area contributed by atoms with Crippen LogP contribution in [0.4, 0.5) is 11.4 Å². The summed E-state index contributed by atoms with van der Waals surface area (Å²) >= 11 is 0. The topological polar surface area (TPSA) is 36.8 Å². The fraction of sp³-hybridized carbons (Fsp3) is 0.409. The van der Waals surface area contributed by atoms with Crippen LogP contribution in [0.2, 0.25) is 0 Å². The Morgan fingerprint density at radius 2 is 1.73 bits per heavy atom. The molecule has 1 amide bonds. The first-order chi connectivity index (χ1) is 12.4. The summed E-state index contributed by atoms with van der Waals surface area (Å²) in [4.78, 5) is 16.2. The zero-order valence-electron chi connectivity index (χ0n) is 16.4. The molecule has 26 heavy (non-hydrogen) atoms. The fourth-order valence-corrected chi connectivity index (χ4v) is 3.57. The molecule has 0 bridgehead atoms. The number of hydrogen-bond donors (Lipinski definition) is 2. The second-order valence-corrected chi connectivity index (χ2v) is 7.48. The number of nitrogens with one attached hydrogen (secondary N) is 2. The lowest BCUT2D eigenvalue weighted by Crippen LogP contribution is -3.15. The van der Waals surface area contributed by atoms with Crippen molar-refractivity contribution < 1.29 is 9.69 Å². The molecule has 0 spiro atoms. The molecular formula is C22H30N3O+. The monoisotopic (exact) mass is 352 g/mol. The van der Waals surface area contributed by atoms with Crippen molar-refractivity contribution in [1.82, 2.24) is 0 Å². The molecule has 138 valence electrons. The van der Waals surface area contributed by atoms with Crippen LogP contribution in [0.3, 0.4) is 0 Å². The van der Waals surface area contributed by atoms with Gasteiger partial charge in [0.2, 0.25) is 0 Å². The number of benzene rings is 2. The SMILES string of the molecule is Cc1ccc(NC(=O)C[NH+]2CCN(c3cccc(C)c3C)CC2)cc1C. The van der Waals surface area contributed by atoms with E-state index in [0.717, 1.165) is 31.9 Å². The first-order valence-corrected chi connectivity index (χ1v) is 9.46. The lowest BCUT2D eigenvalue weighted by atomic mass is 10.1. The molecule has 1 saturated heterocycles. The first kappa shape index (κ1) is 18.5. The maximum atomic E-state index is 12.4. The smallest absolute Gasteiger partial charge is 0.279 e. The van der Waals surface area contributed by atoms with Gasteiger partial charge in [-0.3, -0.25) is 4.79 Å². The Hall–Kier alpha value is -2.33. The maximum Gasteiger partial charge on any atom is 0.279 e. The van der Waals surface area contributed by atoms with Gasteiger partial charge >= 0.3 is 0 Å². The summed E-state index contributed by atoms with van der Waals surface area (Å²) in [7, 11) is 0. The average molecular weight is 353 g/mol. The first-order valence-electron chi connectivity index (χ1n) is 9.46. The molecule has 1 aliphatic rings. The zero-order valence-corrected chi connectivity index (χ0v) is 16.4. The van der Waals surface area contributed by atoms with Crippen LogP contribution in [0.25, 0.3) is 0 Å². The normalized spacial score (nSPS) is 15.2. The number of carbonyl (C=O) groups is 1. The van der Waals surface area contributed by atoms with E-state index >= 15 is 0 Å². The van der Waals surface area contributed by atoms with Crippen LogP contribution in [-0.4, -0.2) is 38.6 Å². The van der Waals surface area contributed by atoms with Gasteiger partial charge in [-0.05, 0) is 68.1 Å². The van der Waals surface area contributed by atoms with Gasteiger partial charge < -0.3 is 15.1 Å². The summed E-state index contributed by atoms with van der Waals surface area (Å²) in [5.74, 6) is 0.100. The number of amides is 1. The summed E-state index contributed by atoms with van der Waals surface area (Å²) in [6.07, 6.45) is 0. The predicted octanol–water partition coefficient (Wildman–Crippen LogP) is 2.26. The molecule has 1 fully saturated rings. The van der Waals surface area contributed by atoms with E-state index in [1.54, 1.807) is 0 Å². The van der Waals surface area contributed by atoms with Crippen LogP contribution < -0.4 is 15.1 Å². The van der Waals surface area contributed by atoms with Crippen molar-refractivity contribution in [1.29, 1.82) is 0 Å². The quantitative estimate of drug-likeness (QED) is 0.886. The van der Waals surface area contributed by atoms with Crippen LogP contribution in [0.5, 0.6) is 0 Å². The molecule has 0 saturated carbocycles. The maximum absolute atomic E-state index is 12.4. The van der Waals surface area contributed by atoms with Crippen LogP contribution in [-0.2, 0) is 4.79 Å². The largest absolute Gasteiger partial charge is 0.360 e. The molecule has 0 radical (unpaired) electrons. The highest BCUT2D eigenvalue weighted by molar-refractivity contribution is 5.91. The highest BCUT2D eigenvalue weighted by atomic mass is 16.2. The van der Waals surface area contributed by atoms with Gasteiger partial charge in [0, 0.05) is 11.4 Å². The number of hydrogen-bond acceptors (Lipinski definition) is 2. The Morgan fingerprint density at radius 3 is 2.42 bits per heavy atom. The van der Waals surface area contributed by atoms with E-state index in [0.29, 0.717) is 6.54 Å². The van der Waals surface area contributed by atoms with Gasteiger partial charge in [0.15, 0.2) is 6.54 Å². The van der Waals surface area contributed by atoms with Gasteiger partial charge in [0.05, 0.1) is 26.2 Å². The summed E-state index contributed by atoms with van der Waals surface area (Å²) in [5, 5.41) is 3.04. The van der Waals surface area contributed by atoms with Crippen molar-refractivity contribution in [3.05, 3.63) is 58.7 Å². The van der Waals surface area contributed by atoms with Crippen LogP contribution in [0.1, 0.15) is 22.3 Å². The Balaban J connectivity index is 1.52. The van der Waals surface area contributed by atoms with E-state index in [-0.39, 0.29) is 5.91 Å². The van der Waals surface area contributed by atoms with E-state index in [1.807, 2.05) is 12.1 Å². The van der Waals surface area contributed by atoms with Crippen molar-refractivity contribution >= 4 is 17.3 Å². The molecule has 0 aliphatic carbocycles. The molecule has 2 aromatic carbocycles.